The van der Waals surface area contributed by atoms with E-state index < -0.39 is 0 Å². The van der Waals surface area contributed by atoms with Gasteiger partial charge in [-0.1, -0.05) is 30.3 Å². The summed E-state index contributed by atoms with van der Waals surface area (Å²) in [6.07, 6.45) is 3.17. The Morgan fingerprint density at radius 1 is 1.43 bits per heavy atom. The fourth-order valence-corrected chi connectivity index (χ4v) is 2.57. The van der Waals surface area contributed by atoms with Gasteiger partial charge in [-0.3, -0.25) is 4.90 Å². The second kappa shape index (κ2) is 5.99. The Morgan fingerprint density at radius 2 is 2.24 bits per heavy atom. The highest BCUT2D eigenvalue weighted by molar-refractivity contribution is 5.68. The van der Waals surface area contributed by atoms with Crippen LogP contribution in [0.3, 0.4) is 0 Å². The number of hydrogen-bond acceptors (Lipinski definition) is 4. The van der Waals surface area contributed by atoms with Crippen LogP contribution in [0.25, 0.3) is 0 Å². The van der Waals surface area contributed by atoms with E-state index >= 15 is 0 Å². The normalized spacial score (nSPS) is 18.0. The van der Waals surface area contributed by atoms with E-state index in [-0.39, 0.29) is 18.7 Å². The maximum atomic E-state index is 12.2. The Kier molecular flexibility index (Phi) is 3.90. The number of carbonyl (C=O) groups is 1. The van der Waals surface area contributed by atoms with E-state index in [4.69, 9.17) is 9.15 Å². The Hall–Kier alpha value is -2.30. The molecule has 1 aliphatic rings. The maximum Gasteiger partial charge on any atom is 0.410 e. The van der Waals surface area contributed by atoms with Gasteiger partial charge in [-0.2, -0.15) is 0 Å². The summed E-state index contributed by atoms with van der Waals surface area (Å²) in [4.78, 5) is 18.2. The van der Waals surface area contributed by atoms with Crippen LogP contribution in [-0.2, 0) is 11.3 Å². The summed E-state index contributed by atoms with van der Waals surface area (Å²) < 4.78 is 10.9. The van der Waals surface area contributed by atoms with Crippen LogP contribution in [0.4, 0.5) is 4.79 Å². The summed E-state index contributed by atoms with van der Waals surface area (Å²) in [5.41, 5.74) is 0.980. The summed E-state index contributed by atoms with van der Waals surface area (Å²) in [6, 6.07) is 9.56. The second-order valence-electron chi connectivity index (χ2n) is 5.20. The van der Waals surface area contributed by atoms with Gasteiger partial charge in [-0.15, -0.1) is 0 Å². The van der Waals surface area contributed by atoms with E-state index in [0.717, 1.165) is 24.2 Å². The Labute approximate surface area is 123 Å². The Balaban J connectivity index is 1.63. The molecule has 1 atom stereocenters. The first-order valence-corrected chi connectivity index (χ1v) is 7.13. The molecule has 2 aromatic rings. The van der Waals surface area contributed by atoms with Crippen molar-refractivity contribution in [3.05, 3.63) is 53.7 Å². The van der Waals surface area contributed by atoms with E-state index in [1.165, 1.54) is 0 Å². The van der Waals surface area contributed by atoms with Crippen molar-refractivity contribution in [1.82, 2.24) is 9.88 Å². The lowest BCUT2D eigenvalue weighted by Gasteiger charge is -2.21. The SMILES string of the molecule is Cc1cnc([C@@H]2CCCN2C(=O)OCc2ccccc2)o1. The molecule has 1 aliphatic heterocycles. The largest absolute Gasteiger partial charge is 0.445 e. The van der Waals surface area contributed by atoms with Gasteiger partial charge in [0.25, 0.3) is 0 Å². The predicted molar refractivity (Wildman–Crippen MR) is 76.5 cm³/mol. The van der Waals surface area contributed by atoms with Crippen LogP contribution in [0.5, 0.6) is 0 Å². The van der Waals surface area contributed by atoms with E-state index in [0.29, 0.717) is 12.4 Å². The van der Waals surface area contributed by atoms with E-state index in [1.807, 2.05) is 37.3 Å². The van der Waals surface area contributed by atoms with Crippen LogP contribution in [0.2, 0.25) is 0 Å². The van der Waals surface area contributed by atoms with Gasteiger partial charge in [0.2, 0.25) is 5.89 Å². The fourth-order valence-electron chi connectivity index (χ4n) is 2.57. The molecule has 0 saturated carbocycles. The quantitative estimate of drug-likeness (QED) is 0.867. The lowest BCUT2D eigenvalue weighted by Crippen LogP contribution is -2.31. The molecule has 0 bridgehead atoms. The molecular formula is C16H18N2O3. The molecule has 0 aliphatic carbocycles. The standard InChI is InChI=1S/C16H18N2O3/c1-12-10-17-15(21-12)14-8-5-9-18(14)16(19)20-11-13-6-3-2-4-7-13/h2-4,6-7,10,14H,5,8-9,11H2,1H3/t14-/m0/s1. The Bertz CT molecular complexity index is 609. The number of oxazole rings is 1. The third-order valence-corrected chi connectivity index (χ3v) is 3.62. The number of nitrogens with zero attached hydrogens (tertiary/aromatic N) is 2. The van der Waals surface area contributed by atoms with Crippen LogP contribution in [0.15, 0.2) is 40.9 Å². The minimum Gasteiger partial charge on any atom is -0.445 e. The lowest BCUT2D eigenvalue weighted by atomic mass is 10.2. The minimum absolute atomic E-state index is 0.109. The molecule has 1 aromatic heterocycles. The van der Waals surface area contributed by atoms with Crippen LogP contribution in [0.1, 0.15) is 36.1 Å². The molecular weight excluding hydrogens is 268 g/mol. The zero-order valence-electron chi connectivity index (χ0n) is 12.0. The summed E-state index contributed by atoms with van der Waals surface area (Å²) in [7, 11) is 0. The summed E-state index contributed by atoms with van der Waals surface area (Å²) in [5.74, 6) is 1.36. The van der Waals surface area contributed by atoms with Crippen LogP contribution >= 0.6 is 0 Å². The topological polar surface area (TPSA) is 55.6 Å². The van der Waals surface area contributed by atoms with Crippen molar-refractivity contribution < 1.29 is 13.9 Å². The predicted octanol–water partition coefficient (Wildman–Crippen LogP) is 3.46. The number of ether oxygens (including phenoxy) is 1. The number of benzene rings is 1. The molecule has 5 heteroatoms. The molecule has 0 radical (unpaired) electrons. The van der Waals surface area contributed by atoms with Gasteiger partial charge in [-0.05, 0) is 25.3 Å². The summed E-state index contributed by atoms with van der Waals surface area (Å²) in [6.45, 7) is 2.82. The van der Waals surface area contributed by atoms with Gasteiger partial charge in [0.15, 0.2) is 0 Å². The summed E-state index contributed by atoms with van der Waals surface area (Å²) >= 11 is 0. The van der Waals surface area contributed by atoms with Crippen LogP contribution < -0.4 is 0 Å². The molecule has 1 amide bonds. The average Bonchev–Trinajstić information content (AvgIpc) is 3.14. The highest BCUT2D eigenvalue weighted by Crippen LogP contribution is 2.32. The van der Waals surface area contributed by atoms with E-state index in [9.17, 15) is 4.79 Å². The van der Waals surface area contributed by atoms with E-state index in [2.05, 4.69) is 4.98 Å². The number of aromatic nitrogens is 1. The molecule has 5 nitrogen and oxygen atoms in total. The van der Waals surface area contributed by atoms with Crippen molar-refractivity contribution in [2.75, 3.05) is 6.54 Å². The summed E-state index contributed by atoms with van der Waals surface area (Å²) in [5, 5.41) is 0. The second-order valence-corrected chi connectivity index (χ2v) is 5.20. The molecule has 0 spiro atoms. The number of amides is 1. The molecule has 110 valence electrons. The minimum atomic E-state index is -0.308. The highest BCUT2D eigenvalue weighted by atomic mass is 16.6. The van der Waals surface area contributed by atoms with Crippen LogP contribution in [0, 0.1) is 6.92 Å². The van der Waals surface area contributed by atoms with Gasteiger partial charge in [0.05, 0.1) is 6.20 Å². The first kappa shape index (κ1) is 13.7. The fraction of sp³-hybridized carbons (Fsp3) is 0.375. The van der Waals surface area contributed by atoms with Gasteiger partial charge < -0.3 is 9.15 Å². The smallest absolute Gasteiger partial charge is 0.410 e. The molecule has 3 rings (SSSR count). The molecule has 1 fully saturated rings. The highest BCUT2D eigenvalue weighted by Gasteiger charge is 2.34. The molecule has 2 heterocycles. The number of likely N-dealkylation sites (tertiary alicyclic amines) is 1. The Morgan fingerprint density at radius 3 is 2.95 bits per heavy atom. The lowest BCUT2D eigenvalue weighted by molar-refractivity contribution is 0.0876. The van der Waals surface area contributed by atoms with Crippen LogP contribution in [-0.4, -0.2) is 22.5 Å². The van der Waals surface area contributed by atoms with Gasteiger partial charge in [0.1, 0.15) is 18.4 Å². The van der Waals surface area contributed by atoms with E-state index in [1.54, 1.807) is 11.1 Å². The van der Waals surface area contributed by atoms with Crippen molar-refractivity contribution in [2.24, 2.45) is 0 Å². The van der Waals surface area contributed by atoms with Gasteiger partial charge in [-0.25, -0.2) is 9.78 Å². The third kappa shape index (κ3) is 3.07. The first-order chi connectivity index (χ1) is 10.2. The first-order valence-electron chi connectivity index (χ1n) is 7.13. The molecule has 21 heavy (non-hydrogen) atoms. The van der Waals surface area contributed by atoms with Crippen molar-refractivity contribution in [3.8, 4) is 0 Å². The number of carbonyl (C=O) groups excluding carboxylic acids is 1. The van der Waals surface area contributed by atoms with Crippen molar-refractivity contribution in [1.29, 1.82) is 0 Å². The van der Waals surface area contributed by atoms with Crippen molar-refractivity contribution >= 4 is 6.09 Å². The molecule has 1 saturated heterocycles. The van der Waals surface area contributed by atoms with Gasteiger partial charge in [0, 0.05) is 6.54 Å². The number of aryl methyl sites for hydroxylation is 1. The molecule has 0 N–H and O–H groups in total. The number of hydrogen-bond donors (Lipinski definition) is 0. The monoisotopic (exact) mass is 286 g/mol. The molecule has 1 aromatic carbocycles. The zero-order valence-corrected chi connectivity index (χ0v) is 12.0. The zero-order chi connectivity index (χ0) is 14.7. The third-order valence-electron chi connectivity index (χ3n) is 3.62. The van der Waals surface area contributed by atoms with Crippen molar-refractivity contribution in [3.63, 3.8) is 0 Å². The van der Waals surface area contributed by atoms with Gasteiger partial charge >= 0.3 is 6.09 Å². The number of rotatable bonds is 3. The van der Waals surface area contributed by atoms with Crippen molar-refractivity contribution in [2.45, 2.75) is 32.4 Å². The average molecular weight is 286 g/mol. The molecule has 0 unspecified atom stereocenters. The maximum absolute atomic E-state index is 12.2.